The van der Waals surface area contributed by atoms with Crippen LogP contribution in [0.2, 0.25) is 0 Å². The minimum absolute atomic E-state index is 0.0937. The Kier molecular flexibility index (Phi) is 3.35. The fourth-order valence-electron chi connectivity index (χ4n) is 1.65. The Balaban J connectivity index is 2.55. The third-order valence-electron chi connectivity index (χ3n) is 2.40. The summed E-state index contributed by atoms with van der Waals surface area (Å²) < 4.78 is 0. The van der Waals surface area contributed by atoms with E-state index in [-0.39, 0.29) is 5.56 Å². The number of nitrogens with one attached hydrogen (secondary N) is 1. The Bertz CT molecular complexity index is 621. The lowest BCUT2D eigenvalue weighted by Crippen LogP contribution is -2.14. The first-order chi connectivity index (χ1) is 8.26. The van der Waals surface area contributed by atoms with Crippen molar-refractivity contribution in [3.63, 3.8) is 0 Å². The lowest BCUT2D eigenvalue weighted by Gasteiger charge is -2.03. The van der Waals surface area contributed by atoms with Gasteiger partial charge >= 0.3 is 0 Å². The molecule has 0 radical (unpaired) electrons. The lowest BCUT2D eigenvalue weighted by molar-refractivity contribution is 0.889. The minimum Gasteiger partial charge on any atom is -0.313 e. The maximum Gasteiger partial charge on any atom is 0.254 e. The molecule has 17 heavy (non-hydrogen) atoms. The van der Waals surface area contributed by atoms with Gasteiger partial charge in [-0.3, -0.25) is 4.79 Å². The summed E-state index contributed by atoms with van der Waals surface area (Å²) in [7, 11) is 0. The number of hydrogen-bond acceptors (Lipinski definition) is 4. The highest BCUT2D eigenvalue weighted by Crippen LogP contribution is 2.27. The summed E-state index contributed by atoms with van der Waals surface area (Å²) >= 11 is 1.36. The molecular weight excluding hydrogens is 234 g/mol. The van der Waals surface area contributed by atoms with Crippen molar-refractivity contribution < 1.29 is 0 Å². The minimum atomic E-state index is -0.0937. The summed E-state index contributed by atoms with van der Waals surface area (Å²) in [6.07, 6.45) is 2.99. The van der Waals surface area contributed by atoms with Crippen LogP contribution in [-0.4, -0.2) is 9.97 Å². The van der Waals surface area contributed by atoms with Crippen molar-refractivity contribution in [2.45, 2.75) is 19.8 Å². The zero-order chi connectivity index (χ0) is 12.3. The van der Waals surface area contributed by atoms with Crippen molar-refractivity contribution in [1.29, 1.82) is 5.26 Å². The van der Waals surface area contributed by atoms with Gasteiger partial charge in [-0.2, -0.15) is 5.26 Å². The largest absolute Gasteiger partial charge is 0.313 e. The second-order valence-corrected chi connectivity index (χ2v) is 4.67. The molecule has 0 saturated heterocycles. The molecule has 0 bridgehead atoms. The Hall–Kier alpha value is -1.93. The van der Waals surface area contributed by atoms with E-state index in [4.69, 9.17) is 5.26 Å². The lowest BCUT2D eigenvalue weighted by atomic mass is 10.1. The maximum absolute atomic E-state index is 11.7. The Morgan fingerprint density at radius 1 is 1.53 bits per heavy atom. The predicted octanol–water partition coefficient (Wildman–Crippen LogP) is 2.32. The fraction of sp³-hybridized carbons (Fsp3) is 0.250. The van der Waals surface area contributed by atoms with Crippen molar-refractivity contribution in [2.24, 2.45) is 0 Å². The molecule has 0 unspecified atom stereocenters. The molecule has 0 saturated carbocycles. The SMILES string of the molecule is CCCc1c(-c2ccc(C#N)s2)nc[nH]c1=O. The van der Waals surface area contributed by atoms with E-state index in [1.54, 1.807) is 6.07 Å². The van der Waals surface area contributed by atoms with E-state index in [2.05, 4.69) is 16.0 Å². The van der Waals surface area contributed by atoms with Crippen LogP contribution < -0.4 is 5.56 Å². The highest BCUT2D eigenvalue weighted by atomic mass is 32.1. The van der Waals surface area contributed by atoms with Crippen molar-refractivity contribution >= 4 is 11.3 Å². The number of aromatic nitrogens is 2. The standard InChI is InChI=1S/C12H11N3OS/c1-2-3-9-11(14-7-15-12(9)16)10-5-4-8(6-13)17-10/h4-5,7H,2-3H2,1H3,(H,14,15,16). The molecule has 0 aliphatic rings. The summed E-state index contributed by atoms with van der Waals surface area (Å²) in [4.78, 5) is 20.0. The van der Waals surface area contributed by atoms with Crippen molar-refractivity contribution in [3.8, 4) is 16.6 Å². The van der Waals surface area contributed by atoms with Gasteiger partial charge in [-0.1, -0.05) is 13.3 Å². The first-order valence-electron chi connectivity index (χ1n) is 5.33. The van der Waals surface area contributed by atoms with Gasteiger partial charge in [0.15, 0.2) is 0 Å². The summed E-state index contributed by atoms with van der Waals surface area (Å²) in [6.45, 7) is 2.02. The van der Waals surface area contributed by atoms with Crippen LogP contribution in [0.3, 0.4) is 0 Å². The van der Waals surface area contributed by atoms with Gasteiger partial charge in [0.1, 0.15) is 10.9 Å². The predicted molar refractivity (Wildman–Crippen MR) is 66.9 cm³/mol. The molecule has 2 aromatic heterocycles. The van der Waals surface area contributed by atoms with Crippen LogP contribution >= 0.6 is 11.3 Å². The smallest absolute Gasteiger partial charge is 0.254 e. The number of aromatic amines is 1. The van der Waals surface area contributed by atoms with E-state index in [1.807, 2.05) is 13.0 Å². The first-order valence-corrected chi connectivity index (χ1v) is 6.14. The van der Waals surface area contributed by atoms with Crippen LogP contribution in [0, 0.1) is 11.3 Å². The van der Waals surface area contributed by atoms with Crippen LogP contribution in [-0.2, 0) is 6.42 Å². The van der Waals surface area contributed by atoms with E-state index in [0.717, 1.165) is 11.3 Å². The Morgan fingerprint density at radius 2 is 2.35 bits per heavy atom. The molecule has 1 N–H and O–H groups in total. The summed E-state index contributed by atoms with van der Waals surface area (Å²) in [5.74, 6) is 0. The van der Waals surface area contributed by atoms with Crippen LogP contribution in [0.4, 0.5) is 0 Å². The van der Waals surface area contributed by atoms with E-state index >= 15 is 0 Å². The Morgan fingerprint density at radius 3 is 3.00 bits per heavy atom. The molecule has 2 rings (SSSR count). The molecule has 2 aromatic rings. The van der Waals surface area contributed by atoms with E-state index in [1.165, 1.54) is 17.7 Å². The number of hydrogen-bond donors (Lipinski definition) is 1. The van der Waals surface area contributed by atoms with E-state index in [0.29, 0.717) is 22.6 Å². The summed E-state index contributed by atoms with van der Waals surface area (Å²) in [5, 5.41) is 8.80. The zero-order valence-electron chi connectivity index (χ0n) is 9.36. The highest BCUT2D eigenvalue weighted by Gasteiger charge is 2.12. The number of thiophene rings is 1. The van der Waals surface area contributed by atoms with Crippen molar-refractivity contribution in [3.05, 3.63) is 39.3 Å². The molecule has 5 heteroatoms. The van der Waals surface area contributed by atoms with Crippen molar-refractivity contribution in [1.82, 2.24) is 9.97 Å². The third kappa shape index (κ3) is 2.27. The molecule has 0 amide bonds. The molecule has 0 aliphatic heterocycles. The molecule has 86 valence electrons. The van der Waals surface area contributed by atoms with E-state index < -0.39 is 0 Å². The topological polar surface area (TPSA) is 69.5 Å². The average Bonchev–Trinajstić information content (AvgIpc) is 2.80. The monoisotopic (exact) mass is 245 g/mol. The van der Waals surface area contributed by atoms with Gasteiger partial charge in [0.2, 0.25) is 0 Å². The van der Waals surface area contributed by atoms with Gasteiger partial charge in [-0.25, -0.2) is 4.98 Å². The van der Waals surface area contributed by atoms with Crippen LogP contribution in [0.1, 0.15) is 23.8 Å². The number of H-pyrrole nitrogens is 1. The molecule has 0 fully saturated rings. The molecule has 0 spiro atoms. The van der Waals surface area contributed by atoms with Gasteiger partial charge in [-0.15, -0.1) is 11.3 Å². The normalized spacial score (nSPS) is 10.1. The van der Waals surface area contributed by atoms with Gasteiger partial charge < -0.3 is 4.98 Å². The maximum atomic E-state index is 11.7. The summed E-state index contributed by atoms with van der Waals surface area (Å²) in [5.41, 5.74) is 1.30. The van der Waals surface area contributed by atoms with Crippen LogP contribution in [0.25, 0.3) is 10.6 Å². The number of nitriles is 1. The second-order valence-electron chi connectivity index (χ2n) is 3.58. The van der Waals surface area contributed by atoms with Gasteiger partial charge in [0.25, 0.3) is 5.56 Å². The van der Waals surface area contributed by atoms with Gasteiger partial charge in [-0.05, 0) is 18.6 Å². The van der Waals surface area contributed by atoms with E-state index in [9.17, 15) is 4.79 Å². The zero-order valence-corrected chi connectivity index (χ0v) is 10.2. The van der Waals surface area contributed by atoms with Gasteiger partial charge in [0.05, 0.1) is 16.9 Å². The molecular formula is C12H11N3OS. The number of nitrogens with zero attached hydrogens (tertiary/aromatic N) is 2. The molecule has 0 atom stereocenters. The van der Waals surface area contributed by atoms with Crippen molar-refractivity contribution in [2.75, 3.05) is 0 Å². The third-order valence-corrected chi connectivity index (χ3v) is 3.40. The fourth-order valence-corrected chi connectivity index (χ4v) is 2.47. The van der Waals surface area contributed by atoms with Crippen LogP contribution in [0.5, 0.6) is 0 Å². The first kappa shape index (κ1) is 11.6. The second kappa shape index (κ2) is 4.93. The molecule has 0 aromatic carbocycles. The van der Waals surface area contributed by atoms with Crippen LogP contribution in [0.15, 0.2) is 23.3 Å². The average molecular weight is 245 g/mol. The van der Waals surface area contributed by atoms with Gasteiger partial charge in [0, 0.05) is 5.56 Å². The number of rotatable bonds is 3. The quantitative estimate of drug-likeness (QED) is 0.902. The summed E-state index contributed by atoms with van der Waals surface area (Å²) in [6, 6.07) is 5.67. The highest BCUT2D eigenvalue weighted by molar-refractivity contribution is 7.16. The Labute approximate surface area is 103 Å². The molecule has 2 heterocycles. The molecule has 0 aliphatic carbocycles. The molecule has 4 nitrogen and oxygen atoms in total.